The number of aliphatic hydroxyl groups excluding tert-OH is 1. The number of carbonyl (C=O) groups is 1. The standard InChI is InChI=1S/C21H30O4/c1-12(2)15-8-18(23)19(4)9-16-14(11-24-5)6-7-20(16)13(3)17(22)10-21(15,19)25-20/h8,12-13,17,22H,6-7,9-11H2,1-5H3/t13-,17-,19-,20+,21+/m0/s1. The summed E-state index contributed by atoms with van der Waals surface area (Å²) in [7, 11) is 1.71. The van der Waals surface area contributed by atoms with Crippen LogP contribution in [0.3, 0.4) is 0 Å². The first-order valence-electron chi connectivity index (χ1n) is 9.57. The van der Waals surface area contributed by atoms with Crippen LogP contribution in [0, 0.1) is 17.3 Å². The van der Waals surface area contributed by atoms with Gasteiger partial charge in [-0.05, 0) is 54.9 Å². The number of allylic oxidation sites excluding steroid dienone is 1. The number of hydrogen-bond donors (Lipinski definition) is 1. The molecule has 4 heteroatoms. The van der Waals surface area contributed by atoms with E-state index in [0.717, 1.165) is 24.8 Å². The Balaban J connectivity index is 1.92. The number of ether oxygens (including phenoxy) is 2. The molecule has 2 aliphatic heterocycles. The van der Waals surface area contributed by atoms with Crippen molar-refractivity contribution in [3.63, 3.8) is 0 Å². The molecule has 4 aliphatic rings. The molecule has 2 spiro atoms. The molecule has 0 aromatic rings. The summed E-state index contributed by atoms with van der Waals surface area (Å²) in [6.07, 6.45) is 4.43. The van der Waals surface area contributed by atoms with Gasteiger partial charge in [-0.1, -0.05) is 20.8 Å². The molecule has 4 nitrogen and oxygen atoms in total. The molecule has 2 saturated heterocycles. The third-order valence-electron chi connectivity index (χ3n) is 7.56. The van der Waals surface area contributed by atoms with Gasteiger partial charge in [0.25, 0.3) is 0 Å². The van der Waals surface area contributed by atoms with Crippen molar-refractivity contribution < 1.29 is 19.4 Å². The van der Waals surface area contributed by atoms with E-state index in [1.165, 1.54) is 11.1 Å². The first kappa shape index (κ1) is 17.4. The summed E-state index contributed by atoms with van der Waals surface area (Å²) < 4.78 is 12.4. The Morgan fingerprint density at radius 3 is 2.80 bits per heavy atom. The van der Waals surface area contributed by atoms with Crippen LogP contribution in [0.4, 0.5) is 0 Å². The Kier molecular flexibility index (Phi) is 3.68. The molecule has 2 fully saturated rings. The molecule has 0 amide bonds. The fourth-order valence-electron chi connectivity index (χ4n) is 6.05. The Labute approximate surface area is 150 Å². The highest BCUT2D eigenvalue weighted by molar-refractivity contribution is 6.01. The van der Waals surface area contributed by atoms with Crippen molar-refractivity contribution in [3.8, 4) is 0 Å². The second-order valence-corrected chi connectivity index (χ2v) is 9.02. The maximum Gasteiger partial charge on any atom is 0.165 e. The molecular formula is C21H30O4. The minimum Gasteiger partial charge on any atom is -0.393 e. The van der Waals surface area contributed by atoms with Crippen molar-refractivity contribution in [3.05, 3.63) is 22.8 Å². The van der Waals surface area contributed by atoms with Crippen molar-refractivity contribution in [2.75, 3.05) is 13.7 Å². The third kappa shape index (κ3) is 1.91. The maximum atomic E-state index is 13.1. The molecule has 5 atom stereocenters. The van der Waals surface area contributed by atoms with Gasteiger partial charge >= 0.3 is 0 Å². The van der Waals surface area contributed by atoms with Crippen LogP contribution in [-0.4, -0.2) is 41.9 Å². The fourth-order valence-corrected chi connectivity index (χ4v) is 6.05. The van der Waals surface area contributed by atoms with Crippen molar-refractivity contribution in [1.29, 1.82) is 0 Å². The zero-order valence-electron chi connectivity index (χ0n) is 16.0. The zero-order valence-corrected chi connectivity index (χ0v) is 16.0. The quantitative estimate of drug-likeness (QED) is 0.798. The molecule has 2 aliphatic carbocycles. The Morgan fingerprint density at radius 2 is 2.16 bits per heavy atom. The lowest BCUT2D eigenvalue weighted by Crippen LogP contribution is -2.68. The van der Waals surface area contributed by atoms with Crippen LogP contribution in [0.2, 0.25) is 0 Å². The molecule has 1 N–H and O–H groups in total. The van der Waals surface area contributed by atoms with Crippen LogP contribution in [0.1, 0.15) is 53.4 Å². The molecule has 4 rings (SSSR count). The van der Waals surface area contributed by atoms with Gasteiger partial charge in [-0.15, -0.1) is 0 Å². The van der Waals surface area contributed by atoms with Crippen LogP contribution in [0.15, 0.2) is 22.8 Å². The zero-order chi connectivity index (χ0) is 18.2. The van der Waals surface area contributed by atoms with Crippen LogP contribution in [-0.2, 0) is 14.3 Å². The van der Waals surface area contributed by atoms with E-state index >= 15 is 0 Å². The van der Waals surface area contributed by atoms with Crippen LogP contribution < -0.4 is 0 Å². The van der Waals surface area contributed by atoms with Gasteiger partial charge in [0.1, 0.15) is 5.60 Å². The lowest BCUT2D eigenvalue weighted by molar-refractivity contribution is -0.265. The van der Waals surface area contributed by atoms with Gasteiger partial charge < -0.3 is 14.6 Å². The molecule has 0 aromatic heterocycles. The van der Waals surface area contributed by atoms with E-state index in [2.05, 4.69) is 20.8 Å². The van der Waals surface area contributed by atoms with Gasteiger partial charge in [0.2, 0.25) is 0 Å². The summed E-state index contributed by atoms with van der Waals surface area (Å²) in [5.74, 6) is 0.424. The first-order valence-corrected chi connectivity index (χ1v) is 9.57. The first-order chi connectivity index (χ1) is 11.7. The van der Waals surface area contributed by atoms with Crippen molar-refractivity contribution in [2.24, 2.45) is 17.3 Å². The van der Waals surface area contributed by atoms with Gasteiger partial charge in [-0.25, -0.2) is 0 Å². The number of hydrogen-bond acceptors (Lipinski definition) is 4. The molecular weight excluding hydrogens is 316 g/mol. The largest absolute Gasteiger partial charge is 0.393 e. The average Bonchev–Trinajstić information content (AvgIpc) is 2.98. The summed E-state index contributed by atoms with van der Waals surface area (Å²) in [5.41, 5.74) is 1.86. The van der Waals surface area contributed by atoms with E-state index in [1.54, 1.807) is 7.11 Å². The summed E-state index contributed by atoms with van der Waals surface area (Å²) in [6.45, 7) is 8.98. The van der Waals surface area contributed by atoms with E-state index < -0.39 is 22.7 Å². The highest BCUT2D eigenvalue weighted by Gasteiger charge is 2.72. The van der Waals surface area contributed by atoms with E-state index in [0.29, 0.717) is 13.0 Å². The van der Waals surface area contributed by atoms with E-state index in [1.807, 2.05) is 13.0 Å². The molecule has 138 valence electrons. The smallest absolute Gasteiger partial charge is 0.165 e. The molecule has 2 bridgehead atoms. The number of carbonyl (C=O) groups excluding carboxylic acids is 1. The number of aliphatic hydroxyl groups is 1. The Hall–Kier alpha value is -0.970. The highest BCUT2D eigenvalue weighted by Crippen LogP contribution is 2.67. The Morgan fingerprint density at radius 1 is 1.44 bits per heavy atom. The van der Waals surface area contributed by atoms with Crippen LogP contribution in [0.5, 0.6) is 0 Å². The monoisotopic (exact) mass is 346 g/mol. The van der Waals surface area contributed by atoms with E-state index in [9.17, 15) is 9.90 Å². The molecule has 0 aromatic carbocycles. The third-order valence-corrected chi connectivity index (χ3v) is 7.56. The van der Waals surface area contributed by atoms with Crippen LogP contribution >= 0.6 is 0 Å². The maximum absolute atomic E-state index is 13.1. The van der Waals surface area contributed by atoms with Gasteiger partial charge in [0, 0.05) is 19.4 Å². The number of rotatable bonds is 3. The van der Waals surface area contributed by atoms with Crippen LogP contribution in [0.25, 0.3) is 0 Å². The second kappa shape index (κ2) is 5.28. The van der Waals surface area contributed by atoms with Gasteiger partial charge in [-0.2, -0.15) is 0 Å². The van der Waals surface area contributed by atoms with Gasteiger partial charge in [0.05, 0.1) is 23.7 Å². The summed E-state index contributed by atoms with van der Waals surface area (Å²) in [6, 6.07) is 0. The number of methoxy groups -OCH3 is 1. The van der Waals surface area contributed by atoms with Crippen molar-refractivity contribution in [1.82, 2.24) is 0 Å². The topological polar surface area (TPSA) is 55.8 Å². The lowest BCUT2D eigenvalue weighted by atomic mass is 9.55. The lowest BCUT2D eigenvalue weighted by Gasteiger charge is -2.62. The normalized spacial score (nSPS) is 45.7. The average molecular weight is 346 g/mol. The summed E-state index contributed by atoms with van der Waals surface area (Å²) >= 11 is 0. The highest BCUT2D eigenvalue weighted by atomic mass is 16.5. The molecule has 25 heavy (non-hydrogen) atoms. The van der Waals surface area contributed by atoms with Crippen molar-refractivity contribution >= 4 is 5.78 Å². The molecule has 0 unspecified atom stereocenters. The summed E-state index contributed by atoms with van der Waals surface area (Å²) in [4.78, 5) is 13.1. The SMILES string of the molecule is COCC1=C2C[C@@]3(C)C(=O)C=C(C(C)C)[C@]34C[C@H](O)[C@H](C)[C@@]2(CC1)O4. The minimum absolute atomic E-state index is 0.0381. The van der Waals surface area contributed by atoms with E-state index in [-0.39, 0.29) is 17.6 Å². The van der Waals surface area contributed by atoms with Gasteiger partial charge in [-0.3, -0.25) is 4.79 Å². The second-order valence-electron chi connectivity index (χ2n) is 9.02. The predicted molar refractivity (Wildman–Crippen MR) is 95.1 cm³/mol. The van der Waals surface area contributed by atoms with Crippen molar-refractivity contribution in [2.45, 2.75) is 70.7 Å². The molecule has 0 saturated carbocycles. The predicted octanol–water partition coefficient (Wildman–Crippen LogP) is 3.19. The number of ketones is 1. The molecule has 2 heterocycles. The molecule has 0 radical (unpaired) electrons. The Bertz CT molecular complexity index is 690. The fraction of sp³-hybridized carbons (Fsp3) is 0.762. The minimum atomic E-state index is -0.657. The van der Waals surface area contributed by atoms with Gasteiger partial charge in [0.15, 0.2) is 5.78 Å². The van der Waals surface area contributed by atoms with E-state index in [4.69, 9.17) is 9.47 Å². The summed E-state index contributed by atoms with van der Waals surface area (Å²) in [5, 5.41) is 11.0.